The largest absolute Gasteiger partial charge is 0.383 e. The first kappa shape index (κ1) is 19.5. The zero-order valence-corrected chi connectivity index (χ0v) is 16.2. The average molecular weight is 408 g/mol. The Balaban J connectivity index is 1.83. The third-order valence-electron chi connectivity index (χ3n) is 5.09. The fourth-order valence-electron chi connectivity index (χ4n) is 3.62. The molecular formula is C21H18F2N6O. The number of pyridine rings is 2. The summed E-state index contributed by atoms with van der Waals surface area (Å²) in [4.78, 5) is 21.3. The molecule has 9 heteroatoms. The lowest BCUT2D eigenvalue weighted by molar-refractivity contribution is -0.125. The fraction of sp³-hybridized carbons (Fsp3) is 0.238. The Morgan fingerprint density at radius 3 is 2.73 bits per heavy atom. The first-order chi connectivity index (χ1) is 14.4. The van der Waals surface area contributed by atoms with E-state index in [-0.39, 0.29) is 23.5 Å². The molecule has 1 unspecified atom stereocenters. The molecule has 2 N–H and O–H groups in total. The first-order valence-electron chi connectivity index (χ1n) is 9.26. The number of carbonyl (C=O) groups is 1. The van der Waals surface area contributed by atoms with Crippen LogP contribution in [0.2, 0.25) is 0 Å². The minimum absolute atomic E-state index is 0.0955. The van der Waals surface area contributed by atoms with Gasteiger partial charge in [0.25, 0.3) is 0 Å². The maximum absolute atomic E-state index is 13.9. The number of aryl methyl sites for hydroxylation is 1. The van der Waals surface area contributed by atoms with E-state index in [0.29, 0.717) is 24.9 Å². The van der Waals surface area contributed by atoms with Gasteiger partial charge in [-0.25, -0.2) is 13.8 Å². The molecule has 1 saturated heterocycles. The number of likely N-dealkylation sites (tertiary alicyclic amines) is 1. The van der Waals surface area contributed by atoms with E-state index in [0.717, 1.165) is 23.5 Å². The number of hydrogen-bond acceptors (Lipinski definition) is 5. The Kier molecular flexibility index (Phi) is 4.91. The van der Waals surface area contributed by atoms with E-state index in [2.05, 4.69) is 33.5 Å². The number of carbonyl (C=O) groups excluding carboxylic acids is 1. The number of aromatic nitrogens is 4. The second-order valence-electron chi connectivity index (χ2n) is 7.00. The van der Waals surface area contributed by atoms with Gasteiger partial charge in [0.2, 0.25) is 5.91 Å². The van der Waals surface area contributed by atoms with Crippen molar-refractivity contribution in [3.8, 4) is 11.8 Å². The Labute approximate surface area is 171 Å². The summed E-state index contributed by atoms with van der Waals surface area (Å²) < 4.78 is 29.6. The molecule has 0 bridgehead atoms. The van der Waals surface area contributed by atoms with Crippen LogP contribution in [0.25, 0.3) is 10.9 Å². The van der Waals surface area contributed by atoms with Crippen molar-refractivity contribution in [2.45, 2.75) is 19.4 Å². The Bertz CT molecular complexity index is 1220. The highest BCUT2D eigenvalue weighted by atomic mass is 19.1. The van der Waals surface area contributed by atoms with Crippen molar-refractivity contribution in [1.82, 2.24) is 24.6 Å². The van der Waals surface area contributed by atoms with E-state index in [1.807, 2.05) is 6.92 Å². The normalized spacial score (nSPS) is 15.8. The lowest BCUT2D eigenvalue weighted by atomic mass is 10.1. The zero-order chi connectivity index (χ0) is 21.4. The summed E-state index contributed by atoms with van der Waals surface area (Å²) in [6.07, 6.45) is 5.40. The Morgan fingerprint density at radius 1 is 1.30 bits per heavy atom. The highest BCUT2D eigenvalue weighted by molar-refractivity contribution is 5.95. The van der Waals surface area contributed by atoms with Gasteiger partial charge in [-0.3, -0.25) is 14.5 Å². The van der Waals surface area contributed by atoms with Gasteiger partial charge in [0, 0.05) is 19.3 Å². The quantitative estimate of drug-likeness (QED) is 0.519. The Morgan fingerprint density at radius 2 is 2.03 bits per heavy atom. The van der Waals surface area contributed by atoms with E-state index >= 15 is 0 Å². The number of hydrogen-bond donors (Lipinski definition) is 1. The fourth-order valence-corrected chi connectivity index (χ4v) is 3.62. The third kappa shape index (κ3) is 3.26. The van der Waals surface area contributed by atoms with Crippen molar-refractivity contribution in [3.05, 3.63) is 59.7 Å². The molecule has 0 radical (unpaired) electrons. The molecule has 4 rings (SSSR count). The summed E-state index contributed by atoms with van der Waals surface area (Å²) in [7, 11) is 0. The molecule has 0 spiro atoms. The molecule has 1 fully saturated rings. The number of amides is 1. The van der Waals surface area contributed by atoms with Gasteiger partial charge in [0.1, 0.15) is 11.5 Å². The van der Waals surface area contributed by atoms with Gasteiger partial charge in [0.05, 0.1) is 34.9 Å². The molecule has 7 nitrogen and oxygen atoms in total. The van der Waals surface area contributed by atoms with Crippen LogP contribution >= 0.6 is 0 Å². The molecule has 1 aliphatic rings. The van der Waals surface area contributed by atoms with Crippen LogP contribution in [0.5, 0.6) is 0 Å². The van der Waals surface area contributed by atoms with Gasteiger partial charge in [0.15, 0.2) is 11.6 Å². The van der Waals surface area contributed by atoms with Crippen molar-refractivity contribution in [2.24, 2.45) is 0 Å². The van der Waals surface area contributed by atoms with Crippen molar-refractivity contribution in [1.29, 1.82) is 0 Å². The van der Waals surface area contributed by atoms with Gasteiger partial charge in [-0.05, 0) is 30.9 Å². The summed E-state index contributed by atoms with van der Waals surface area (Å²) in [5, 5.41) is 5.11. The summed E-state index contributed by atoms with van der Waals surface area (Å²) in [5.74, 6) is 3.60. The number of nitrogen functional groups attached to an aromatic ring is 1. The highest BCUT2D eigenvalue weighted by Gasteiger charge is 2.29. The van der Waals surface area contributed by atoms with Crippen molar-refractivity contribution >= 4 is 22.6 Å². The second kappa shape index (κ2) is 7.55. The minimum atomic E-state index is -0.858. The predicted octanol–water partition coefficient (Wildman–Crippen LogP) is 2.35. The summed E-state index contributed by atoms with van der Waals surface area (Å²) in [6, 6.07) is -0.0955. The van der Waals surface area contributed by atoms with E-state index in [9.17, 15) is 13.6 Å². The van der Waals surface area contributed by atoms with Crippen LogP contribution in [0, 0.1) is 30.4 Å². The second-order valence-corrected chi connectivity index (χ2v) is 7.00. The van der Waals surface area contributed by atoms with Gasteiger partial charge in [-0.2, -0.15) is 5.10 Å². The topological polar surface area (TPSA) is 89.9 Å². The smallest absolute Gasteiger partial charge is 0.246 e. The van der Waals surface area contributed by atoms with Crippen LogP contribution in [0.4, 0.5) is 14.6 Å². The number of halogens is 2. The van der Waals surface area contributed by atoms with Gasteiger partial charge >= 0.3 is 0 Å². The molecule has 3 aromatic rings. The number of nitrogens with two attached hydrogens (primary N) is 1. The molecule has 0 aliphatic carbocycles. The van der Waals surface area contributed by atoms with Gasteiger partial charge < -0.3 is 10.6 Å². The molecule has 30 heavy (non-hydrogen) atoms. The molecule has 4 heterocycles. The SMILES string of the molecule is C=CC(=O)N1CCC(n2nc(C#Cc3c(F)cncc3F)c3c(N)ncc(C)c32)C1. The van der Waals surface area contributed by atoms with Crippen LogP contribution in [0.15, 0.2) is 31.2 Å². The standard InChI is InChI=1S/C21H18F2N6O/c1-3-18(30)28-7-6-13(11-28)29-20-12(2)8-26-21(24)19(20)17(27-29)5-4-14-15(22)9-25-10-16(14)23/h3,8-10,13H,1,6-7,11H2,2H3,(H2,24,26). The van der Waals surface area contributed by atoms with Crippen LogP contribution in [-0.4, -0.2) is 43.6 Å². The summed E-state index contributed by atoms with van der Waals surface area (Å²) in [5.41, 5.74) is 7.53. The van der Waals surface area contributed by atoms with E-state index in [1.165, 1.54) is 6.08 Å². The number of nitrogens with zero attached hydrogens (tertiary/aromatic N) is 5. The minimum Gasteiger partial charge on any atom is -0.383 e. The molecule has 0 aromatic carbocycles. The number of anilines is 1. The van der Waals surface area contributed by atoms with Crippen molar-refractivity contribution in [2.75, 3.05) is 18.8 Å². The summed E-state index contributed by atoms with van der Waals surface area (Å²) in [6.45, 7) is 6.43. The number of fused-ring (bicyclic) bond motifs is 1. The average Bonchev–Trinajstić information content (AvgIpc) is 3.35. The third-order valence-corrected chi connectivity index (χ3v) is 5.09. The van der Waals surface area contributed by atoms with Crippen LogP contribution in [0.1, 0.15) is 29.3 Å². The molecular weight excluding hydrogens is 390 g/mol. The van der Waals surface area contributed by atoms with Crippen LogP contribution < -0.4 is 5.73 Å². The number of rotatable bonds is 2. The lowest BCUT2D eigenvalue weighted by Crippen LogP contribution is -2.27. The molecule has 1 amide bonds. The van der Waals surface area contributed by atoms with Crippen molar-refractivity contribution in [3.63, 3.8) is 0 Å². The predicted molar refractivity (Wildman–Crippen MR) is 107 cm³/mol. The van der Waals surface area contributed by atoms with Crippen LogP contribution in [0.3, 0.4) is 0 Å². The van der Waals surface area contributed by atoms with Gasteiger partial charge in [-0.1, -0.05) is 12.5 Å². The lowest BCUT2D eigenvalue weighted by Gasteiger charge is -2.15. The maximum Gasteiger partial charge on any atom is 0.246 e. The zero-order valence-electron chi connectivity index (χ0n) is 16.2. The summed E-state index contributed by atoms with van der Waals surface area (Å²) >= 11 is 0. The first-order valence-corrected chi connectivity index (χ1v) is 9.26. The Hall–Kier alpha value is -3.80. The molecule has 0 saturated carbocycles. The monoisotopic (exact) mass is 408 g/mol. The molecule has 3 aromatic heterocycles. The van der Waals surface area contributed by atoms with Gasteiger partial charge in [-0.15, -0.1) is 0 Å². The maximum atomic E-state index is 13.9. The molecule has 1 aliphatic heterocycles. The molecule has 1 atom stereocenters. The van der Waals surface area contributed by atoms with E-state index in [1.54, 1.807) is 15.8 Å². The molecule has 152 valence electrons. The van der Waals surface area contributed by atoms with Crippen LogP contribution in [-0.2, 0) is 4.79 Å². The van der Waals surface area contributed by atoms with E-state index in [4.69, 9.17) is 5.73 Å². The van der Waals surface area contributed by atoms with Crippen molar-refractivity contribution < 1.29 is 13.6 Å². The van der Waals surface area contributed by atoms with E-state index < -0.39 is 17.2 Å². The highest BCUT2D eigenvalue weighted by Crippen LogP contribution is 2.31.